The first-order valence-corrected chi connectivity index (χ1v) is 18.4. The molecule has 0 spiro atoms. The summed E-state index contributed by atoms with van der Waals surface area (Å²) < 4.78 is 3.48. The summed E-state index contributed by atoms with van der Waals surface area (Å²) in [6.07, 6.45) is 0.435. The Hall–Kier alpha value is -6.99. The van der Waals surface area contributed by atoms with Gasteiger partial charge < -0.3 is 15.0 Å². The highest BCUT2D eigenvalue weighted by molar-refractivity contribution is 6.03. The van der Waals surface area contributed by atoms with Crippen LogP contribution in [0.2, 0.25) is 0 Å². The second kappa shape index (κ2) is 14.8. The van der Waals surface area contributed by atoms with Gasteiger partial charge >= 0.3 is 0 Å². The van der Waals surface area contributed by atoms with E-state index in [-0.39, 0.29) is 35.9 Å². The molecule has 2 aromatic heterocycles. The number of fused-ring (bicyclic) bond motifs is 2. The van der Waals surface area contributed by atoms with Gasteiger partial charge in [0.2, 0.25) is 0 Å². The normalized spacial score (nSPS) is 11.2. The predicted octanol–water partition coefficient (Wildman–Crippen LogP) is 9.13. The third kappa shape index (κ3) is 6.72. The average molecular weight is 722 g/mol. The van der Waals surface area contributed by atoms with Crippen LogP contribution in [-0.2, 0) is 19.5 Å². The van der Waals surface area contributed by atoms with E-state index in [0.717, 1.165) is 55.5 Å². The fourth-order valence-corrected chi connectivity index (χ4v) is 7.51. The predicted molar refractivity (Wildman–Crippen MR) is 221 cm³/mol. The number of hydrogen-bond donors (Lipinski definition) is 2. The first kappa shape index (κ1) is 35.1. The van der Waals surface area contributed by atoms with Gasteiger partial charge in [-0.1, -0.05) is 109 Å². The van der Waals surface area contributed by atoms with E-state index in [2.05, 4.69) is 17.4 Å². The lowest BCUT2D eigenvalue weighted by molar-refractivity contribution is 0.0951. The zero-order chi connectivity index (χ0) is 38.1. The lowest BCUT2D eigenvalue weighted by atomic mass is 9.92. The summed E-state index contributed by atoms with van der Waals surface area (Å²) in [6.45, 7) is 4.21. The first-order valence-electron chi connectivity index (χ1n) is 18.4. The number of aromatic nitrogens is 2. The van der Waals surface area contributed by atoms with Crippen molar-refractivity contribution in [2.75, 3.05) is 0 Å². The highest BCUT2D eigenvalue weighted by atomic mass is 16.3. The van der Waals surface area contributed by atoms with E-state index in [1.807, 2.05) is 115 Å². The number of amides is 1. The molecule has 1 amide bonds. The van der Waals surface area contributed by atoms with E-state index >= 15 is 0 Å². The van der Waals surface area contributed by atoms with E-state index in [9.17, 15) is 19.5 Å². The first-order chi connectivity index (χ1) is 26.8. The Balaban J connectivity index is 1.25. The molecule has 0 fully saturated rings. The Morgan fingerprint density at radius 1 is 0.673 bits per heavy atom. The van der Waals surface area contributed by atoms with Crippen molar-refractivity contribution in [1.82, 2.24) is 14.5 Å². The topological polar surface area (TPSA) is 93.3 Å². The van der Waals surface area contributed by atoms with Gasteiger partial charge in [0, 0.05) is 52.3 Å². The quantitative estimate of drug-likeness (QED) is 0.156. The molecule has 2 N–H and O–H groups in total. The minimum atomic E-state index is -0.281. The van der Waals surface area contributed by atoms with E-state index < -0.39 is 0 Å². The molecule has 7 heteroatoms. The lowest BCUT2D eigenvalue weighted by Crippen LogP contribution is -2.26. The molecular formula is C48H39N3O4. The van der Waals surface area contributed by atoms with Crippen molar-refractivity contribution in [2.24, 2.45) is 0 Å². The third-order valence-corrected chi connectivity index (χ3v) is 10.3. The smallest absolute Gasteiger partial charge is 0.263 e. The Morgan fingerprint density at radius 3 is 2.00 bits per heavy atom. The summed E-state index contributed by atoms with van der Waals surface area (Å²) in [5.41, 5.74) is 8.37. The molecule has 0 unspecified atom stereocenters. The molecule has 270 valence electrons. The molecule has 0 aliphatic rings. The van der Waals surface area contributed by atoms with Crippen LogP contribution in [0.3, 0.4) is 0 Å². The maximum atomic E-state index is 14.8. The number of hydrogen-bond acceptors (Lipinski definition) is 4. The molecule has 0 saturated carbocycles. The van der Waals surface area contributed by atoms with Crippen LogP contribution in [0.1, 0.15) is 32.6 Å². The van der Waals surface area contributed by atoms with Crippen LogP contribution in [0.5, 0.6) is 5.75 Å². The summed E-state index contributed by atoms with van der Waals surface area (Å²) in [5, 5.41) is 16.2. The molecule has 0 aliphatic heterocycles. The van der Waals surface area contributed by atoms with E-state index in [4.69, 9.17) is 0 Å². The number of rotatable bonds is 9. The van der Waals surface area contributed by atoms with E-state index in [1.165, 1.54) is 0 Å². The fraction of sp³-hybridized carbons (Fsp3) is 0.104. The van der Waals surface area contributed by atoms with Crippen molar-refractivity contribution in [3.05, 3.63) is 200 Å². The van der Waals surface area contributed by atoms with Crippen LogP contribution in [-0.4, -0.2) is 20.1 Å². The van der Waals surface area contributed by atoms with Crippen molar-refractivity contribution in [1.29, 1.82) is 0 Å². The van der Waals surface area contributed by atoms with Crippen molar-refractivity contribution in [3.8, 4) is 33.8 Å². The second-order valence-electron chi connectivity index (χ2n) is 13.9. The van der Waals surface area contributed by atoms with Crippen LogP contribution in [0.4, 0.5) is 0 Å². The lowest BCUT2D eigenvalue weighted by Gasteiger charge is -2.21. The number of nitrogens with zero attached hydrogens (tertiary/aromatic N) is 2. The van der Waals surface area contributed by atoms with E-state index in [0.29, 0.717) is 28.5 Å². The number of benzene rings is 6. The largest absolute Gasteiger partial charge is 0.508 e. The minimum absolute atomic E-state index is 0.00960. The number of nitrogens with one attached hydrogen (secondary N) is 1. The monoisotopic (exact) mass is 721 g/mol. The zero-order valence-corrected chi connectivity index (χ0v) is 30.6. The van der Waals surface area contributed by atoms with Crippen molar-refractivity contribution < 1.29 is 9.90 Å². The van der Waals surface area contributed by atoms with Gasteiger partial charge in [-0.05, 0) is 90.4 Å². The minimum Gasteiger partial charge on any atom is -0.508 e. The highest BCUT2D eigenvalue weighted by Gasteiger charge is 2.22. The van der Waals surface area contributed by atoms with Gasteiger partial charge in [0.05, 0.1) is 11.2 Å². The number of pyridine rings is 2. The van der Waals surface area contributed by atoms with Gasteiger partial charge in [0.15, 0.2) is 0 Å². The van der Waals surface area contributed by atoms with Gasteiger partial charge in [0.25, 0.3) is 17.0 Å². The fourth-order valence-electron chi connectivity index (χ4n) is 7.51. The van der Waals surface area contributed by atoms with Crippen LogP contribution in [0.15, 0.2) is 161 Å². The molecule has 0 radical (unpaired) electrons. The van der Waals surface area contributed by atoms with Gasteiger partial charge in [0.1, 0.15) is 5.75 Å². The molecule has 0 atom stereocenters. The van der Waals surface area contributed by atoms with Gasteiger partial charge in [-0.25, -0.2) is 0 Å². The Morgan fingerprint density at radius 2 is 1.31 bits per heavy atom. The van der Waals surface area contributed by atoms with Crippen LogP contribution < -0.4 is 16.4 Å². The standard InChI is InChI=1S/C48H39N3O4/c1-31-18-21-37(22-19-31)51-45(35-14-8-4-9-15-35)44(34-12-6-3-7-13-34)39-23-20-33(29-40(39)48(51)55)26-27-50-43(53)28-32(2)38-24-25-42(52)41(46(38)50)30-49-47(54)36-16-10-5-11-17-36/h3-25,28-29,52H,26-27,30H2,1-2H3,(H,49,54). The molecule has 0 saturated heterocycles. The SMILES string of the molecule is Cc1ccc(-n2c(-c3ccccc3)c(-c3ccccc3)c3ccc(CCn4c(=O)cc(C)c5ccc(O)c(CNC(=O)c6ccccc6)c54)cc3c2=O)cc1. The summed E-state index contributed by atoms with van der Waals surface area (Å²) in [5.74, 6) is -0.291. The maximum Gasteiger partial charge on any atom is 0.263 e. The second-order valence-corrected chi connectivity index (χ2v) is 13.9. The number of carbonyl (C=O) groups is 1. The summed E-state index contributed by atoms with van der Waals surface area (Å²) in [4.78, 5) is 41.5. The average Bonchev–Trinajstić information content (AvgIpc) is 3.21. The van der Waals surface area contributed by atoms with E-state index in [1.54, 1.807) is 47.0 Å². The van der Waals surface area contributed by atoms with Gasteiger partial charge in [-0.3, -0.25) is 19.0 Å². The van der Waals surface area contributed by atoms with Crippen molar-refractivity contribution in [3.63, 3.8) is 0 Å². The summed E-state index contributed by atoms with van der Waals surface area (Å²) in [6, 6.07) is 48.0. The number of phenols is 1. The Bertz CT molecular complexity index is 2830. The molecule has 0 aliphatic carbocycles. The van der Waals surface area contributed by atoms with Gasteiger partial charge in [-0.15, -0.1) is 0 Å². The molecule has 7 nitrogen and oxygen atoms in total. The molecule has 55 heavy (non-hydrogen) atoms. The number of phenolic OH excluding ortho intramolecular Hbond substituents is 1. The Kier molecular flexibility index (Phi) is 9.43. The van der Waals surface area contributed by atoms with Gasteiger partial charge in [-0.2, -0.15) is 0 Å². The number of aromatic hydroxyl groups is 1. The van der Waals surface area contributed by atoms with Crippen molar-refractivity contribution >= 4 is 27.6 Å². The maximum absolute atomic E-state index is 14.8. The van der Waals surface area contributed by atoms with Crippen LogP contribution in [0.25, 0.3) is 49.7 Å². The van der Waals surface area contributed by atoms with Crippen molar-refractivity contribution in [2.45, 2.75) is 33.4 Å². The summed E-state index contributed by atoms with van der Waals surface area (Å²) in [7, 11) is 0. The zero-order valence-electron chi connectivity index (χ0n) is 30.6. The molecule has 6 aromatic carbocycles. The summed E-state index contributed by atoms with van der Waals surface area (Å²) >= 11 is 0. The Labute approximate surface area is 318 Å². The molecule has 2 heterocycles. The molecular weight excluding hydrogens is 683 g/mol. The van der Waals surface area contributed by atoms with Crippen LogP contribution in [0, 0.1) is 13.8 Å². The van der Waals surface area contributed by atoms with Crippen LogP contribution >= 0.6 is 0 Å². The molecule has 8 aromatic rings. The number of carbonyl (C=O) groups excluding carboxylic acids is 1. The third-order valence-electron chi connectivity index (χ3n) is 10.3. The highest BCUT2D eigenvalue weighted by Crippen LogP contribution is 2.38. The molecule has 0 bridgehead atoms. The number of aryl methyl sites for hydroxylation is 4. The molecule has 8 rings (SSSR count).